The van der Waals surface area contributed by atoms with Crippen molar-refractivity contribution >= 4 is 33.2 Å². The van der Waals surface area contributed by atoms with Gasteiger partial charge in [-0.25, -0.2) is 9.78 Å². The average Bonchev–Trinajstić information content (AvgIpc) is 3.15. The van der Waals surface area contributed by atoms with Crippen LogP contribution in [0, 0.1) is 0 Å². The number of halogens is 1. The standard InChI is InChI=1S/C20H18BrNO5S/c1-3-26-16-6-5-11(9-17(16)27-4-2)19-22-15(10-28-19)12-7-13(20(24)25)18(23)14(21)8-12/h5-10,23H,3-4H2,1-2H3,(H,24,25). The summed E-state index contributed by atoms with van der Waals surface area (Å²) in [7, 11) is 0. The molecule has 0 saturated heterocycles. The van der Waals surface area contributed by atoms with Gasteiger partial charge >= 0.3 is 5.97 Å². The minimum atomic E-state index is -1.21. The first-order valence-electron chi connectivity index (χ1n) is 8.56. The molecular formula is C20H18BrNO5S. The van der Waals surface area contributed by atoms with Crippen LogP contribution in [0.15, 0.2) is 40.2 Å². The van der Waals surface area contributed by atoms with Crippen LogP contribution in [-0.2, 0) is 0 Å². The van der Waals surface area contributed by atoms with Gasteiger partial charge < -0.3 is 19.7 Å². The number of carbonyl (C=O) groups is 1. The van der Waals surface area contributed by atoms with Crippen molar-refractivity contribution in [3.63, 3.8) is 0 Å². The van der Waals surface area contributed by atoms with E-state index in [1.807, 2.05) is 37.4 Å². The molecule has 0 spiro atoms. The number of thiazole rings is 1. The van der Waals surface area contributed by atoms with Crippen LogP contribution in [0.3, 0.4) is 0 Å². The summed E-state index contributed by atoms with van der Waals surface area (Å²) in [5.74, 6) is -0.180. The van der Waals surface area contributed by atoms with Gasteiger partial charge in [0.25, 0.3) is 0 Å². The Morgan fingerprint density at radius 1 is 1.11 bits per heavy atom. The molecule has 0 atom stereocenters. The summed E-state index contributed by atoms with van der Waals surface area (Å²) >= 11 is 4.63. The quantitative estimate of drug-likeness (QED) is 0.484. The molecule has 3 aromatic rings. The van der Waals surface area contributed by atoms with E-state index in [4.69, 9.17) is 9.47 Å². The summed E-state index contributed by atoms with van der Waals surface area (Å²) < 4.78 is 11.6. The van der Waals surface area contributed by atoms with Crippen molar-refractivity contribution < 1.29 is 24.5 Å². The maximum atomic E-state index is 11.3. The topological polar surface area (TPSA) is 88.9 Å². The van der Waals surface area contributed by atoms with Crippen LogP contribution < -0.4 is 9.47 Å². The third kappa shape index (κ3) is 4.13. The number of nitrogens with zero attached hydrogens (tertiary/aromatic N) is 1. The molecule has 3 rings (SSSR count). The van der Waals surface area contributed by atoms with Gasteiger partial charge in [0.05, 0.1) is 23.4 Å². The van der Waals surface area contributed by atoms with E-state index in [1.165, 1.54) is 17.4 Å². The van der Waals surface area contributed by atoms with Gasteiger partial charge in [-0.3, -0.25) is 0 Å². The summed E-state index contributed by atoms with van der Waals surface area (Å²) in [5, 5.41) is 21.8. The fourth-order valence-electron chi connectivity index (χ4n) is 2.63. The molecule has 6 nitrogen and oxygen atoms in total. The molecule has 0 radical (unpaired) electrons. The molecule has 0 aliphatic carbocycles. The molecule has 1 aromatic heterocycles. The number of carboxylic acids is 1. The molecule has 0 amide bonds. The van der Waals surface area contributed by atoms with Crippen LogP contribution in [0.25, 0.3) is 21.8 Å². The Morgan fingerprint density at radius 2 is 1.82 bits per heavy atom. The van der Waals surface area contributed by atoms with E-state index in [0.29, 0.717) is 40.4 Å². The Kier molecular flexibility index (Phi) is 6.21. The van der Waals surface area contributed by atoms with Crippen molar-refractivity contribution in [1.82, 2.24) is 4.98 Å². The van der Waals surface area contributed by atoms with Gasteiger partial charge in [0, 0.05) is 16.5 Å². The fraction of sp³-hybridized carbons (Fsp3) is 0.200. The monoisotopic (exact) mass is 463 g/mol. The molecule has 8 heteroatoms. The van der Waals surface area contributed by atoms with Crippen LogP contribution in [0.4, 0.5) is 0 Å². The first-order chi connectivity index (χ1) is 13.4. The van der Waals surface area contributed by atoms with Crippen molar-refractivity contribution in [2.24, 2.45) is 0 Å². The van der Waals surface area contributed by atoms with Crippen LogP contribution >= 0.6 is 27.3 Å². The molecule has 146 valence electrons. The highest BCUT2D eigenvalue weighted by atomic mass is 79.9. The molecule has 2 aromatic carbocycles. The predicted molar refractivity (Wildman–Crippen MR) is 112 cm³/mol. The Morgan fingerprint density at radius 3 is 2.50 bits per heavy atom. The van der Waals surface area contributed by atoms with Gasteiger partial charge in [0.1, 0.15) is 16.3 Å². The fourth-order valence-corrected chi connectivity index (χ4v) is 3.92. The summed E-state index contributed by atoms with van der Waals surface area (Å²) in [6, 6.07) is 8.69. The summed E-state index contributed by atoms with van der Waals surface area (Å²) in [4.78, 5) is 16.0. The number of aromatic nitrogens is 1. The number of aromatic hydroxyl groups is 1. The normalized spacial score (nSPS) is 10.7. The number of ether oxygens (including phenoxy) is 2. The van der Waals surface area contributed by atoms with E-state index in [0.717, 1.165) is 10.6 Å². The molecule has 28 heavy (non-hydrogen) atoms. The van der Waals surface area contributed by atoms with E-state index in [-0.39, 0.29) is 11.3 Å². The van der Waals surface area contributed by atoms with Gasteiger partial charge in [-0.2, -0.15) is 0 Å². The Balaban J connectivity index is 1.99. The van der Waals surface area contributed by atoms with Crippen molar-refractivity contribution in [1.29, 1.82) is 0 Å². The minimum absolute atomic E-state index is 0.182. The van der Waals surface area contributed by atoms with Crippen LogP contribution in [0.2, 0.25) is 0 Å². The summed E-state index contributed by atoms with van der Waals surface area (Å²) in [6.45, 7) is 4.89. The number of benzene rings is 2. The van der Waals surface area contributed by atoms with Crippen molar-refractivity contribution in [2.45, 2.75) is 13.8 Å². The number of hydrogen-bond acceptors (Lipinski definition) is 6. The largest absolute Gasteiger partial charge is 0.506 e. The number of aromatic carboxylic acids is 1. The molecule has 0 saturated carbocycles. The number of phenols is 1. The third-order valence-corrected chi connectivity index (χ3v) is 5.38. The van der Waals surface area contributed by atoms with E-state index in [9.17, 15) is 15.0 Å². The van der Waals surface area contributed by atoms with E-state index >= 15 is 0 Å². The highest BCUT2D eigenvalue weighted by Gasteiger charge is 2.17. The lowest BCUT2D eigenvalue weighted by Gasteiger charge is -2.11. The molecule has 0 aliphatic heterocycles. The van der Waals surface area contributed by atoms with Crippen LogP contribution in [-0.4, -0.2) is 34.4 Å². The maximum absolute atomic E-state index is 11.3. The molecule has 0 unspecified atom stereocenters. The van der Waals surface area contributed by atoms with Crippen LogP contribution in [0.5, 0.6) is 17.2 Å². The predicted octanol–water partition coefficient (Wildman–Crippen LogP) is 5.44. The average molecular weight is 464 g/mol. The minimum Gasteiger partial charge on any atom is -0.506 e. The summed E-state index contributed by atoms with van der Waals surface area (Å²) in [5.41, 5.74) is 1.91. The molecule has 0 aliphatic rings. The zero-order chi connectivity index (χ0) is 20.3. The number of rotatable bonds is 7. The first kappa shape index (κ1) is 20.2. The van der Waals surface area contributed by atoms with Crippen LogP contribution in [0.1, 0.15) is 24.2 Å². The van der Waals surface area contributed by atoms with Gasteiger partial charge in [0.15, 0.2) is 11.5 Å². The molecule has 0 fully saturated rings. The Labute approximate surface area is 174 Å². The van der Waals surface area contributed by atoms with Gasteiger partial charge in [-0.1, -0.05) is 0 Å². The lowest BCUT2D eigenvalue weighted by molar-refractivity contribution is 0.0693. The van der Waals surface area contributed by atoms with Crippen molar-refractivity contribution in [2.75, 3.05) is 13.2 Å². The van der Waals surface area contributed by atoms with E-state index in [1.54, 1.807) is 6.07 Å². The highest BCUT2D eigenvalue weighted by molar-refractivity contribution is 9.10. The Hall–Kier alpha value is -2.58. The molecule has 2 N–H and O–H groups in total. The first-order valence-corrected chi connectivity index (χ1v) is 10.2. The van der Waals surface area contributed by atoms with Gasteiger partial charge in [-0.05, 0) is 60.1 Å². The lowest BCUT2D eigenvalue weighted by Crippen LogP contribution is -1.98. The second-order valence-electron chi connectivity index (χ2n) is 5.72. The third-order valence-electron chi connectivity index (χ3n) is 3.88. The summed E-state index contributed by atoms with van der Waals surface area (Å²) in [6.07, 6.45) is 0. The highest BCUT2D eigenvalue weighted by Crippen LogP contribution is 2.38. The lowest BCUT2D eigenvalue weighted by atomic mass is 10.1. The van der Waals surface area contributed by atoms with Gasteiger partial charge in [0.2, 0.25) is 0 Å². The van der Waals surface area contributed by atoms with Gasteiger partial charge in [-0.15, -0.1) is 11.3 Å². The number of carboxylic acid groups (broad SMARTS) is 1. The van der Waals surface area contributed by atoms with Crippen molar-refractivity contribution in [3.8, 4) is 39.1 Å². The Bertz CT molecular complexity index is 1020. The van der Waals surface area contributed by atoms with E-state index in [2.05, 4.69) is 20.9 Å². The van der Waals surface area contributed by atoms with E-state index < -0.39 is 5.97 Å². The number of hydrogen-bond donors (Lipinski definition) is 2. The second-order valence-corrected chi connectivity index (χ2v) is 7.44. The SMILES string of the molecule is CCOc1ccc(-c2nc(-c3cc(Br)c(O)c(C(=O)O)c3)cs2)cc1OCC. The maximum Gasteiger partial charge on any atom is 0.339 e. The molecule has 0 bridgehead atoms. The van der Waals surface area contributed by atoms with Crippen molar-refractivity contribution in [3.05, 3.63) is 45.7 Å². The second kappa shape index (κ2) is 8.62. The smallest absolute Gasteiger partial charge is 0.339 e. The zero-order valence-corrected chi connectivity index (χ0v) is 17.6. The molecular weight excluding hydrogens is 446 g/mol. The molecule has 1 heterocycles. The zero-order valence-electron chi connectivity index (χ0n) is 15.2.